The maximum absolute atomic E-state index is 5.99. The van der Waals surface area contributed by atoms with E-state index in [4.69, 9.17) is 27.9 Å². The summed E-state index contributed by atoms with van der Waals surface area (Å²) in [5.41, 5.74) is 0.773. The van der Waals surface area contributed by atoms with Gasteiger partial charge in [-0.15, -0.1) is 0 Å². The van der Waals surface area contributed by atoms with Gasteiger partial charge in [-0.1, -0.05) is 23.2 Å². The van der Waals surface area contributed by atoms with Crippen molar-refractivity contribution >= 4 is 28.9 Å². The molecule has 1 N–H and O–H groups in total. The largest absolute Gasteiger partial charge is 0.446 e. The van der Waals surface area contributed by atoms with Crippen LogP contribution in [0.4, 0.5) is 5.69 Å². The first-order valence-electron chi connectivity index (χ1n) is 7.50. The van der Waals surface area contributed by atoms with E-state index in [-0.39, 0.29) is 0 Å². The van der Waals surface area contributed by atoms with Crippen molar-refractivity contribution in [3.05, 3.63) is 52.5 Å². The van der Waals surface area contributed by atoms with E-state index in [1.807, 2.05) is 0 Å². The number of hydrogen-bond acceptors (Lipinski definition) is 3. The van der Waals surface area contributed by atoms with Crippen LogP contribution in [0.1, 0.15) is 19.3 Å². The van der Waals surface area contributed by atoms with Crippen LogP contribution in [0.5, 0.6) is 0 Å². The fourth-order valence-corrected chi connectivity index (χ4v) is 3.84. The molecule has 118 valence electrons. The molecule has 1 aliphatic carbocycles. The number of halogens is 2. The van der Waals surface area contributed by atoms with Crippen LogP contribution < -0.4 is 5.32 Å². The molecule has 3 rings (SSSR count). The summed E-state index contributed by atoms with van der Waals surface area (Å²) in [6, 6.07) is 5.86. The number of benzene rings is 1. The predicted octanol–water partition coefficient (Wildman–Crippen LogP) is 4.89. The highest BCUT2D eigenvalue weighted by atomic mass is 35.5. The van der Waals surface area contributed by atoms with Gasteiger partial charge in [-0.25, -0.2) is 0 Å². The van der Waals surface area contributed by atoms with E-state index >= 15 is 0 Å². The zero-order chi connectivity index (χ0) is 15.7. The molecule has 0 aromatic heterocycles. The summed E-state index contributed by atoms with van der Waals surface area (Å²) in [5, 5.41) is 4.26. The van der Waals surface area contributed by atoms with Crippen molar-refractivity contribution in [2.45, 2.75) is 25.3 Å². The fraction of sp³-hybridized carbons (Fsp3) is 0.412. The van der Waals surface area contributed by atoms with Gasteiger partial charge >= 0.3 is 0 Å². The van der Waals surface area contributed by atoms with Crippen LogP contribution >= 0.6 is 23.2 Å². The molecule has 3 nitrogen and oxygen atoms in total. The number of allylic oxidation sites excluding steroid dienone is 1. The fourth-order valence-electron chi connectivity index (χ4n) is 3.31. The SMILES string of the molecule is C=C(Nc1cc(Cl)cc(Cl)c1)OC1=CCC2CCN(C)C2C1. The van der Waals surface area contributed by atoms with Crippen molar-refractivity contribution in [1.29, 1.82) is 0 Å². The number of anilines is 1. The second-order valence-corrected chi connectivity index (χ2v) is 6.89. The van der Waals surface area contributed by atoms with Crippen LogP contribution in [-0.4, -0.2) is 24.5 Å². The lowest BCUT2D eigenvalue weighted by molar-refractivity contribution is 0.204. The third-order valence-corrected chi connectivity index (χ3v) is 4.86. The molecule has 1 heterocycles. The van der Waals surface area contributed by atoms with Gasteiger partial charge in [0.2, 0.25) is 0 Å². The Bertz CT molecular complexity index is 594. The number of nitrogens with zero attached hydrogens (tertiary/aromatic N) is 1. The van der Waals surface area contributed by atoms with Crippen molar-refractivity contribution in [1.82, 2.24) is 4.90 Å². The summed E-state index contributed by atoms with van der Waals surface area (Å²) in [7, 11) is 2.19. The Kier molecular flexibility index (Phi) is 4.67. The van der Waals surface area contributed by atoms with Crippen LogP contribution in [0.2, 0.25) is 10.0 Å². The molecular weight excluding hydrogens is 319 g/mol. The van der Waals surface area contributed by atoms with Gasteiger partial charge in [-0.2, -0.15) is 0 Å². The Morgan fingerprint density at radius 2 is 2.05 bits per heavy atom. The van der Waals surface area contributed by atoms with E-state index in [1.54, 1.807) is 18.2 Å². The molecule has 0 saturated carbocycles. The van der Waals surface area contributed by atoms with E-state index in [9.17, 15) is 0 Å². The molecule has 1 aromatic rings. The Labute approximate surface area is 141 Å². The first-order chi connectivity index (χ1) is 10.5. The van der Waals surface area contributed by atoms with Crippen LogP contribution in [0.15, 0.2) is 42.5 Å². The first-order valence-corrected chi connectivity index (χ1v) is 8.26. The maximum Gasteiger partial charge on any atom is 0.190 e. The molecule has 0 bridgehead atoms. The van der Waals surface area contributed by atoms with Crippen LogP contribution in [0, 0.1) is 5.92 Å². The molecule has 22 heavy (non-hydrogen) atoms. The van der Waals surface area contributed by atoms with E-state index in [0.717, 1.165) is 30.2 Å². The molecule has 2 atom stereocenters. The second kappa shape index (κ2) is 6.53. The zero-order valence-corrected chi connectivity index (χ0v) is 14.1. The first kappa shape index (κ1) is 15.7. The van der Waals surface area contributed by atoms with Crippen molar-refractivity contribution in [2.75, 3.05) is 18.9 Å². The van der Waals surface area contributed by atoms with Crippen LogP contribution in [0.3, 0.4) is 0 Å². The number of fused-ring (bicyclic) bond motifs is 1. The second-order valence-electron chi connectivity index (χ2n) is 6.02. The van der Waals surface area contributed by atoms with E-state index in [2.05, 4.69) is 29.9 Å². The number of likely N-dealkylation sites (tertiary alicyclic amines) is 1. The molecule has 1 aliphatic heterocycles. The molecule has 1 aromatic carbocycles. The van der Waals surface area contributed by atoms with Crippen molar-refractivity contribution in [3.63, 3.8) is 0 Å². The molecule has 1 fully saturated rings. The van der Waals surface area contributed by atoms with Gasteiger partial charge in [0.05, 0.1) is 0 Å². The Balaban J connectivity index is 1.60. The van der Waals surface area contributed by atoms with Crippen molar-refractivity contribution in [3.8, 4) is 0 Å². The van der Waals surface area contributed by atoms with Gasteiger partial charge in [-0.05, 0) is 63.2 Å². The van der Waals surface area contributed by atoms with Crippen molar-refractivity contribution < 1.29 is 4.74 Å². The normalized spacial score (nSPS) is 24.6. The number of hydrogen-bond donors (Lipinski definition) is 1. The minimum absolute atomic E-state index is 0.490. The number of ether oxygens (including phenoxy) is 1. The monoisotopic (exact) mass is 338 g/mol. The summed E-state index contributed by atoms with van der Waals surface area (Å²) in [6.45, 7) is 5.11. The third kappa shape index (κ3) is 3.60. The highest BCUT2D eigenvalue weighted by Crippen LogP contribution is 2.35. The summed E-state index contributed by atoms with van der Waals surface area (Å²) in [6.07, 6.45) is 5.50. The topological polar surface area (TPSA) is 24.5 Å². The summed E-state index contributed by atoms with van der Waals surface area (Å²) < 4.78 is 5.87. The van der Waals surface area contributed by atoms with E-state index in [0.29, 0.717) is 22.0 Å². The zero-order valence-electron chi connectivity index (χ0n) is 12.6. The number of rotatable bonds is 4. The quantitative estimate of drug-likeness (QED) is 0.791. The highest BCUT2D eigenvalue weighted by molar-refractivity contribution is 6.35. The predicted molar refractivity (Wildman–Crippen MR) is 92.2 cm³/mol. The average molecular weight is 339 g/mol. The van der Waals surface area contributed by atoms with Gasteiger partial charge in [0, 0.05) is 28.2 Å². The average Bonchev–Trinajstić information content (AvgIpc) is 2.79. The lowest BCUT2D eigenvalue weighted by Crippen LogP contribution is -2.32. The maximum atomic E-state index is 5.99. The molecule has 5 heteroatoms. The highest BCUT2D eigenvalue weighted by Gasteiger charge is 2.34. The third-order valence-electron chi connectivity index (χ3n) is 4.42. The van der Waals surface area contributed by atoms with Crippen LogP contribution in [0.25, 0.3) is 0 Å². The molecule has 2 unspecified atom stereocenters. The minimum atomic E-state index is 0.490. The lowest BCUT2D eigenvalue weighted by atomic mass is 9.89. The van der Waals surface area contributed by atoms with Gasteiger partial charge < -0.3 is 15.0 Å². The molecular formula is C17H20Cl2N2O. The van der Waals surface area contributed by atoms with Gasteiger partial charge in [0.25, 0.3) is 0 Å². The molecule has 0 spiro atoms. The van der Waals surface area contributed by atoms with Crippen molar-refractivity contribution in [2.24, 2.45) is 5.92 Å². The molecule has 0 amide bonds. The summed E-state index contributed by atoms with van der Waals surface area (Å²) in [4.78, 5) is 2.42. The molecule has 1 saturated heterocycles. The minimum Gasteiger partial charge on any atom is -0.446 e. The van der Waals surface area contributed by atoms with E-state index < -0.39 is 0 Å². The Morgan fingerprint density at radius 1 is 1.32 bits per heavy atom. The molecule has 0 radical (unpaired) electrons. The van der Waals surface area contributed by atoms with Gasteiger partial charge in [0.15, 0.2) is 5.88 Å². The lowest BCUT2D eigenvalue weighted by Gasteiger charge is -2.29. The summed E-state index contributed by atoms with van der Waals surface area (Å²) >= 11 is 12.0. The van der Waals surface area contributed by atoms with Gasteiger partial charge in [0.1, 0.15) is 5.76 Å². The van der Waals surface area contributed by atoms with E-state index in [1.165, 1.54) is 13.0 Å². The van der Waals surface area contributed by atoms with Gasteiger partial charge in [-0.3, -0.25) is 0 Å². The van der Waals surface area contributed by atoms with Crippen LogP contribution in [-0.2, 0) is 4.74 Å². The smallest absolute Gasteiger partial charge is 0.190 e. The Hall–Kier alpha value is -1.16. The summed E-state index contributed by atoms with van der Waals surface area (Å²) in [5.74, 6) is 2.25. The molecule has 2 aliphatic rings. The number of nitrogens with one attached hydrogen (secondary N) is 1. The standard InChI is InChI=1S/C17H20Cl2N2O/c1-11(20-15-8-13(18)7-14(19)9-15)22-16-4-3-12-5-6-21(2)17(12)10-16/h4,7-9,12,17,20H,1,3,5-6,10H2,2H3. The Morgan fingerprint density at radius 3 is 2.77 bits per heavy atom.